The van der Waals surface area contributed by atoms with E-state index in [1.54, 1.807) is 0 Å². The van der Waals surface area contributed by atoms with Gasteiger partial charge < -0.3 is 10.1 Å². The fourth-order valence-electron chi connectivity index (χ4n) is 2.18. The van der Waals surface area contributed by atoms with Crippen LogP contribution in [0.3, 0.4) is 0 Å². The highest BCUT2D eigenvalue weighted by Gasteiger charge is 2.14. The molecule has 0 aromatic carbocycles. The van der Waals surface area contributed by atoms with Crippen LogP contribution in [0.2, 0.25) is 0 Å². The van der Waals surface area contributed by atoms with Crippen molar-refractivity contribution in [2.75, 3.05) is 25.1 Å². The Hall–Kier alpha value is -1.16. The first-order valence-electron chi connectivity index (χ1n) is 6.82. The van der Waals surface area contributed by atoms with E-state index in [0.29, 0.717) is 11.8 Å². The molecule has 0 amide bonds. The second kappa shape index (κ2) is 6.14. The molecular weight excluding hydrogens is 226 g/mol. The zero-order valence-electron chi connectivity index (χ0n) is 11.6. The fraction of sp³-hybridized carbons (Fsp3) is 0.714. The molecule has 1 N–H and O–H groups in total. The normalized spacial score (nSPS) is 17.1. The summed E-state index contributed by atoms with van der Waals surface area (Å²) < 4.78 is 5.37. The van der Waals surface area contributed by atoms with Crippen molar-refractivity contribution >= 4 is 5.82 Å². The summed E-state index contributed by atoms with van der Waals surface area (Å²) in [6.45, 7) is 9.04. The molecule has 1 aliphatic rings. The maximum atomic E-state index is 5.37. The zero-order valence-corrected chi connectivity index (χ0v) is 11.6. The van der Waals surface area contributed by atoms with E-state index in [9.17, 15) is 0 Å². The fourth-order valence-corrected chi connectivity index (χ4v) is 2.18. The molecule has 4 nitrogen and oxygen atoms in total. The number of rotatable bonds is 4. The lowest BCUT2D eigenvalue weighted by Gasteiger charge is -2.22. The van der Waals surface area contributed by atoms with Crippen LogP contribution in [0.25, 0.3) is 0 Å². The third-order valence-corrected chi connectivity index (χ3v) is 3.36. The highest BCUT2D eigenvalue weighted by molar-refractivity contribution is 5.36. The molecule has 1 aromatic rings. The molecule has 0 aliphatic carbocycles. The minimum absolute atomic E-state index is 0.440. The Morgan fingerprint density at radius 2 is 2.06 bits per heavy atom. The minimum Gasteiger partial charge on any atom is -0.381 e. The Balaban J connectivity index is 1.95. The largest absolute Gasteiger partial charge is 0.381 e. The quantitative estimate of drug-likeness (QED) is 0.891. The maximum Gasteiger partial charge on any atom is 0.129 e. The van der Waals surface area contributed by atoms with Gasteiger partial charge in [-0.3, -0.25) is 0 Å². The molecule has 2 rings (SSSR count). The number of ether oxygens (including phenoxy) is 1. The monoisotopic (exact) mass is 249 g/mol. The van der Waals surface area contributed by atoms with E-state index in [1.165, 1.54) is 0 Å². The molecule has 1 fully saturated rings. The van der Waals surface area contributed by atoms with Gasteiger partial charge in [-0.2, -0.15) is 0 Å². The third-order valence-electron chi connectivity index (χ3n) is 3.36. The van der Waals surface area contributed by atoms with Gasteiger partial charge in [-0.1, -0.05) is 13.8 Å². The van der Waals surface area contributed by atoms with Gasteiger partial charge in [-0.15, -0.1) is 0 Å². The summed E-state index contributed by atoms with van der Waals surface area (Å²) in [7, 11) is 0. The van der Waals surface area contributed by atoms with Crippen molar-refractivity contribution in [3.05, 3.63) is 17.6 Å². The number of nitrogens with one attached hydrogen (secondary N) is 1. The summed E-state index contributed by atoms with van der Waals surface area (Å²) in [4.78, 5) is 8.90. The summed E-state index contributed by atoms with van der Waals surface area (Å²) >= 11 is 0. The number of anilines is 1. The van der Waals surface area contributed by atoms with E-state index in [4.69, 9.17) is 4.74 Å². The van der Waals surface area contributed by atoms with Crippen LogP contribution >= 0.6 is 0 Å². The van der Waals surface area contributed by atoms with Crippen molar-refractivity contribution in [3.63, 3.8) is 0 Å². The van der Waals surface area contributed by atoms with Crippen molar-refractivity contribution in [1.29, 1.82) is 0 Å². The smallest absolute Gasteiger partial charge is 0.129 e. The molecular formula is C14H23N3O. The first kappa shape index (κ1) is 13.3. The van der Waals surface area contributed by atoms with E-state index < -0.39 is 0 Å². The van der Waals surface area contributed by atoms with Crippen molar-refractivity contribution < 1.29 is 4.74 Å². The van der Waals surface area contributed by atoms with Crippen LogP contribution < -0.4 is 5.32 Å². The van der Waals surface area contributed by atoms with Gasteiger partial charge in [0, 0.05) is 31.5 Å². The van der Waals surface area contributed by atoms with Crippen molar-refractivity contribution in [1.82, 2.24) is 9.97 Å². The van der Waals surface area contributed by atoms with Gasteiger partial charge in [0.05, 0.1) is 0 Å². The highest BCUT2D eigenvalue weighted by Crippen LogP contribution is 2.18. The summed E-state index contributed by atoms with van der Waals surface area (Å²) in [5.41, 5.74) is 1.11. The van der Waals surface area contributed by atoms with E-state index in [-0.39, 0.29) is 0 Å². The van der Waals surface area contributed by atoms with E-state index in [0.717, 1.165) is 49.9 Å². The van der Waals surface area contributed by atoms with Crippen molar-refractivity contribution in [2.24, 2.45) is 5.92 Å². The van der Waals surface area contributed by atoms with Gasteiger partial charge in [0.25, 0.3) is 0 Å². The minimum atomic E-state index is 0.440. The van der Waals surface area contributed by atoms with Crippen LogP contribution in [0, 0.1) is 12.8 Å². The van der Waals surface area contributed by atoms with Crippen LogP contribution in [0.15, 0.2) is 6.07 Å². The third kappa shape index (κ3) is 3.67. The van der Waals surface area contributed by atoms with E-state index in [1.807, 2.05) is 6.92 Å². The first-order chi connectivity index (χ1) is 8.65. The molecule has 0 atom stereocenters. The molecule has 0 radical (unpaired) electrons. The summed E-state index contributed by atoms with van der Waals surface area (Å²) in [5, 5.41) is 3.44. The van der Waals surface area contributed by atoms with Crippen molar-refractivity contribution in [3.8, 4) is 0 Å². The van der Waals surface area contributed by atoms with Crippen molar-refractivity contribution in [2.45, 2.75) is 39.5 Å². The lowest BCUT2D eigenvalue weighted by molar-refractivity contribution is 0.0699. The molecule has 0 unspecified atom stereocenters. The second-order valence-corrected chi connectivity index (χ2v) is 5.32. The van der Waals surface area contributed by atoms with Gasteiger partial charge in [0.2, 0.25) is 0 Å². The standard InChI is InChI=1S/C14H23N3O/c1-10(2)13-8-14(17-11(3)16-13)15-9-12-4-6-18-7-5-12/h8,10,12H,4-7,9H2,1-3H3,(H,15,16,17). The summed E-state index contributed by atoms with van der Waals surface area (Å²) in [5.74, 6) is 2.94. The van der Waals surface area contributed by atoms with Crippen LogP contribution in [0.1, 0.15) is 44.1 Å². The number of aryl methyl sites for hydroxylation is 1. The Bertz CT molecular complexity index is 387. The molecule has 100 valence electrons. The van der Waals surface area contributed by atoms with Gasteiger partial charge in [-0.25, -0.2) is 9.97 Å². The molecule has 1 saturated heterocycles. The second-order valence-electron chi connectivity index (χ2n) is 5.32. The first-order valence-corrected chi connectivity index (χ1v) is 6.82. The molecule has 1 aromatic heterocycles. The van der Waals surface area contributed by atoms with Gasteiger partial charge in [-0.05, 0) is 31.6 Å². The molecule has 0 spiro atoms. The zero-order chi connectivity index (χ0) is 13.0. The van der Waals surface area contributed by atoms with Gasteiger partial charge in [0.1, 0.15) is 11.6 Å². The lowest BCUT2D eigenvalue weighted by Crippen LogP contribution is -2.23. The number of hydrogen-bond acceptors (Lipinski definition) is 4. The molecule has 0 bridgehead atoms. The number of hydrogen-bond donors (Lipinski definition) is 1. The number of aromatic nitrogens is 2. The molecule has 1 aliphatic heterocycles. The Labute approximate surface area is 109 Å². The van der Waals surface area contributed by atoms with Gasteiger partial charge in [0.15, 0.2) is 0 Å². The topological polar surface area (TPSA) is 47.0 Å². The number of nitrogens with zero attached hydrogens (tertiary/aromatic N) is 2. The molecule has 4 heteroatoms. The van der Waals surface area contributed by atoms with Gasteiger partial charge >= 0.3 is 0 Å². The maximum absolute atomic E-state index is 5.37. The van der Waals surface area contributed by atoms with E-state index >= 15 is 0 Å². The van der Waals surface area contributed by atoms with Crippen LogP contribution in [0.4, 0.5) is 5.82 Å². The lowest BCUT2D eigenvalue weighted by atomic mass is 10.0. The Kier molecular flexibility index (Phi) is 4.53. The van der Waals surface area contributed by atoms with Crippen LogP contribution in [0.5, 0.6) is 0 Å². The summed E-state index contributed by atoms with van der Waals surface area (Å²) in [6, 6.07) is 2.07. The Morgan fingerprint density at radius 3 is 2.72 bits per heavy atom. The molecule has 0 saturated carbocycles. The predicted molar refractivity (Wildman–Crippen MR) is 72.9 cm³/mol. The highest BCUT2D eigenvalue weighted by atomic mass is 16.5. The summed E-state index contributed by atoms with van der Waals surface area (Å²) in [6.07, 6.45) is 2.29. The molecule has 18 heavy (non-hydrogen) atoms. The van der Waals surface area contributed by atoms with Crippen LogP contribution in [-0.2, 0) is 4.74 Å². The average Bonchev–Trinajstić information content (AvgIpc) is 2.37. The predicted octanol–water partition coefficient (Wildman–Crippen LogP) is 2.75. The SMILES string of the molecule is Cc1nc(NCC2CCOCC2)cc(C(C)C)n1. The average molecular weight is 249 g/mol. The molecule has 2 heterocycles. The van der Waals surface area contributed by atoms with Crippen LogP contribution in [-0.4, -0.2) is 29.7 Å². The van der Waals surface area contributed by atoms with E-state index in [2.05, 4.69) is 35.2 Å². The Morgan fingerprint density at radius 1 is 1.33 bits per heavy atom.